The average Bonchev–Trinajstić information content (AvgIpc) is 1.98. The molecular weight excluding hydrogens is 124 g/mol. The second-order valence-corrected chi connectivity index (χ2v) is 2.08. The maximum Gasteiger partial charge on any atom is 0.338 e. The highest BCUT2D eigenvalue weighted by molar-refractivity contribution is 5.77. The van der Waals surface area contributed by atoms with Crippen LogP contribution in [-0.4, -0.2) is 34.5 Å². The molecule has 4 heteroatoms. The summed E-state index contributed by atoms with van der Waals surface area (Å²) in [6.07, 6.45) is -2.98. The minimum absolute atomic E-state index is 0.576. The number of carbonyl (C=O) groups is 1. The highest BCUT2D eigenvalue weighted by Gasteiger charge is 2.39. The van der Waals surface area contributed by atoms with E-state index in [0.717, 1.165) is 0 Å². The van der Waals surface area contributed by atoms with Gasteiger partial charge in [-0.3, -0.25) is 0 Å². The number of hydrogen-bond acceptors (Lipinski definition) is 4. The highest BCUT2D eigenvalue weighted by Crippen LogP contribution is 2.14. The summed E-state index contributed by atoms with van der Waals surface area (Å²) in [5.74, 6) is -0.741. The Morgan fingerprint density at radius 3 is 2.22 bits per heavy atom. The fourth-order valence-electron chi connectivity index (χ4n) is 0.719. The second-order valence-electron chi connectivity index (χ2n) is 2.08. The summed E-state index contributed by atoms with van der Waals surface area (Å²) in [6.45, 7) is 1.53. The predicted molar refractivity (Wildman–Crippen MR) is 27.6 cm³/mol. The van der Waals surface area contributed by atoms with Gasteiger partial charge in [0.25, 0.3) is 0 Å². The van der Waals surface area contributed by atoms with Crippen LogP contribution in [0.15, 0.2) is 0 Å². The van der Waals surface area contributed by atoms with Crippen molar-refractivity contribution in [3.63, 3.8) is 0 Å². The molecule has 1 aliphatic heterocycles. The summed E-state index contributed by atoms with van der Waals surface area (Å²) in [6, 6.07) is 0. The van der Waals surface area contributed by atoms with Crippen LogP contribution in [0.2, 0.25) is 0 Å². The quantitative estimate of drug-likeness (QED) is 0.400. The molecule has 0 aliphatic carbocycles. The van der Waals surface area contributed by atoms with Crippen molar-refractivity contribution in [3.8, 4) is 0 Å². The SMILES string of the molecule is C[C@@H]1OC(=O)[C@@H](O)[C@@H]1O. The van der Waals surface area contributed by atoms with Crippen molar-refractivity contribution in [1.82, 2.24) is 0 Å². The van der Waals surface area contributed by atoms with E-state index in [9.17, 15) is 4.79 Å². The van der Waals surface area contributed by atoms with Gasteiger partial charge in [0, 0.05) is 0 Å². The largest absolute Gasteiger partial charge is 0.458 e. The molecule has 9 heavy (non-hydrogen) atoms. The number of aliphatic hydroxyl groups excluding tert-OH is 2. The molecule has 2 N–H and O–H groups in total. The lowest BCUT2D eigenvalue weighted by molar-refractivity contribution is -0.146. The molecule has 0 amide bonds. The number of hydrogen-bond donors (Lipinski definition) is 2. The lowest BCUT2D eigenvalue weighted by atomic mass is 10.2. The maximum atomic E-state index is 10.4. The van der Waals surface area contributed by atoms with Gasteiger partial charge in [0.05, 0.1) is 0 Å². The molecule has 0 bridgehead atoms. The molecule has 0 spiro atoms. The van der Waals surface area contributed by atoms with E-state index in [1.165, 1.54) is 6.92 Å². The van der Waals surface area contributed by atoms with Crippen LogP contribution >= 0.6 is 0 Å². The van der Waals surface area contributed by atoms with E-state index in [1.54, 1.807) is 0 Å². The fourth-order valence-corrected chi connectivity index (χ4v) is 0.719. The van der Waals surface area contributed by atoms with Crippen LogP contribution in [0.1, 0.15) is 6.92 Å². The van der Waals surface area contributed by atoms with Crippen molar-refractivity contribution in [1.29, 1.82) is 0 Å². The summed E-state index contributed by atoms with van der Waals surface area (Å²) >= 11 is 0. The Bertz CT molecular complexity index is 133. The molecule has 1 fully saturated rings. The topological polar surface area (TPSA) is 66.8 Å². The summed E-state index contributed by atoms with van der Waals surface area (Å²) < 4.78 is 4.45. The van der Waals surface area contributed by atoms with Crippen LogP contribution in [0.3, 0.4) is 0 Å². The van der Waals surface area contributed by atoms with Crippen molar-refractivity contribution in [2.45, 2.75) is 25.2 Å². The predicted octanol–water partition coefficient (Wildman–Crippen LogP) is -1.35. The van der Waals surface area contributed by atoms with E-state index < -0.39 is 24.3 Å². The molecule has 0 saturated carbocycles. The molecule has 1 saturated heterocycles. The molecular formula is C5H8O4. The smallest absolute Gasteiger partial charge is 0.338 e. The van der Waals surface area contributed by atoms with E-state index in [4.69, 9.17) is 10.2 Å². The Balaban J connectivity index is 2.65. The van der Waals surface area contributed by atoms with Gasteiger partial charge < -0.3 is 14.9 Å². The first-order valence-electron chi connectivity index (χ1n) is 2.69. The third kappa shape index (κ3) is 0.906. The zero-order valence-corrected chi connectivity index (χ0v) is 4.94. The lowest BCUT2D eigenvalue weighted by Crippen LogP contribution is -2.29. The van der Waals surface area contributed by atoms with Gasteiger partial charge in [0.2, 0.25) is 0 Å². The number of ether oxygens (including phenoxy) is 1. The zero-order valence-electron chi connectivity index (χ0n) is 4.94. The Morgan fingerprint density at radius 1 is 1.56 bits per heavy atom. The highest BCUT2D eigenvalue weighted by atomic mass is 16.6. The van der Waals surface area contributed by atoms with Crippen molar-refractivity contribution < 1.29 is 19.7 Å². The van der Waals surface area contributed by atoms with Crippen LogP contribution in [0.5, 0.6) is 0 Å². The average molecular weight is 132 g/mol. The van der Waals surface area contributed by atoms with Crippen molar-refractivity contribution in [2.75, 3.05) is 0 Å². The first-order chi connectivity index (χ1) is 4.13. The monoisotopic (exact) mass is 132 g/mol. The molecule has 0 aromatic heterocycles. The van der Waals surface area contributed by atoms with Crippen LogP contribution in [0.4, 0.5) is 0 Å². The van der Waals surface area contributed by atoms with E-state index in [1.807, 2.05) is 0 Å². The molecule has 1 rings (SSSR count). The third-order valence-corrected chi connectivity index (χ3v) is 1.35. The normalized spacial score (nSPS) is 43.0. The number of esters is 1. The third-order valence-electron chi connectivity index (χ3n) is 1.35. The zero-order chi connectivity index (χ0) is 7.02. The van der Waals surface area contributed by atoms with Gasteiger partial charge in [0.15, 0.2) is 6.10 Å². The first kappa shape index (κ1) is 6.51. The van der Waals surface area contributed by atoms with E-state index in [0.29, 0.717) is 0 Å². The van der Waals surface area contributed by atoms with Gasteiger partial charge in [0.1, 0.15) is 12.2 Å². The number of cyclic esters (lactones) is 1. The number of carbonyl (C=O) groups excluding carboxylic acids is 1. The Labute approximate surface area is 52.1 Å². The molecule has 4 nitrogen and oxygen atoms in total. The standard InChI is InChI=1S/C5H8O4/c1-2-3(6)4(7)5(8)9-2/h2-4,6-7H,1H3/t2-,3+,4-/m0/s1. The van der Waals surface area contributed by atoms with E-state index in [2.05, 4.69) is 4.74 Å². The first-order valence-corrected chi connectivity index (χ1v) is 2.69. The van der Waals surface area contributed by atoms with Gasteiger partial charge in [-0.15, -0.1) is 0 Å². The molecule has 0 radical (unpaired) electrons. The maximum absolute atomic E-state index is 10.4. The Hall–Kier alpha value is -0.610. The van der Waals surface area contributed by atoms with Gasteiger partial charge in [-0.1, -0.05) is 0 Å². The summed E-state index contributed by atoms with van der Waals surface area (Å²) in [5, 5.41) is 17.6. The van der Waals surface area contributed by atoms with Crippen molar-refractivity contribution in [3.05, 3.63) is 0 Å². The second kappa shape index (κ2) is 1.97. The summed E-state index contributed by atoms with van der Waals surface area (Å²) in [7, 11) is 0. The van der Waals surface area contributed by atoms with Crippen LogP contribution in [0.25, 0.3) is 0 Å². The summed E-state index contributed by atoms with van der Waals surface area (Å²) in [4.78, 5) is 10.4. The molecule has 3 atom stereocenters. The van der Waals surface area contributed by atoms with Crippen LogP contribution in [-0.2, 0) is 9.53 Å². The molecule has 1 aliphatic rings. The van der Waals surface area contributed by atoms with Gasteiger partial charge in [-0.25, -0.2) is 4.79 Å². The van der Waals surface area contributed by atoms with Gasteiger partial charge in [-0.05, 0) is 6.92 Å². The van der Waals surface area contributed by atoms with Crippen LogP contribution < -0.4 is 0 Å². The van der Waals surface area contributed by atoms with Crippen molar-refractivity contribution in [2.24, 2.45) is 0 Å². The van der Waals surface area contributed by atoms with E-state index in [-0.39, 0.29) is 0 Å². The summed E-state index contributed by atoms with van der Waals surface area (Å²) in [5.41, 5.74) is 0. The number of aliphatic hydroxyl groups is 2. The minimum atomic E-state index is -1.35. The van der Waals surface area contributed by atoms with Gasteiger partial charge >= 0.3 is 5.97 Å². The number of rotatable bonds is 0. The Kier molecular flexibility index (Phi) is 1.42. The minimum Gasteiger partial charge on any atom is -0.458 e. The molecule has 0 aromatic carbocycles. The molecule has 0 aromatic rings. The Morgan fingerprint density at radius 2 is 2.11 bits per heavy atom. The molecule has 1 heterocycles. The van der Waals surface area contributed by atoms with Crippen molar-refractivity contribution >= 4 is 5.97 Å². The fraction of sp³-hybridized carbons (Fsp3) is 0.800. The lowest BCUT2D eigenvalue weighted by Gasteiger charge is -2.04. The van der Waals surface area contributed by atoms with Gasteiger partial charge in [-0.2, -0.15) is 0 Å². The van der Waals surface area contributed by atoms with E-state index >= 15 is 0 Å². The molecule has 52 valence electrons. The van der Waals surface area contributed by atoms with Crippen LogP contribution in [0, 0.1) is 0 Å². The molecule has 0 unspecified atom stereocenters.